The van der Waals surface area contributed by atoms with Crippen molar-refractivity contribution < 1.29 is 10.8 Å². The minimum atomic E-state index is 0.491. The van der Waals surface area contributed by atoms with Crippen LogP contribution in [0.4, 0.5) is 0 Å². The van der Waals surface area contributed by atoms with Gasteiger partial charge in [0.15, 0.2) is 0 Å². The van der Waals surface area contributed by atoms with Crippen molar-refractivity contribution in [3.63, 3.8) is 0 Å². The summed E-state index contributed by atoms with van der Waals surface area (Å²) in [6.07, 6.45) is 1.75. The highest BCUT2D eigenvalue weighted by atomic mass is 35.5. The molecule has 0 saturated carbocycles. The lowest BCUT2D eigenvalue weighted by Crippen LogP contribution is -2.75. The zero-order valence-corrected chi connectivity index (χ0v) is 10.3. The molecule has 1 aromatic rings. The standard InChI is InChI=1S/C10H14ClN5O/c1-15-4-5-16(10(15)13-14-17)7-8-2-3-9(11)12-6-8/h2-3,6,14,17H,4-5,7H2,1H3/p+1/b13-10+. The largest absolute Gasteiger partial charge is 0.340 e. The second kappa shape index (κ2) is 5.31. The van der Waals surface area contributed by atoms with E-state index in [1.54, 1.807) is 12.3 Å². The van der Waals surface area contributed by atoms with Crippen LogP contribution in [0.1, 0.15) is 5.56 Å². The fourth-order valence-corrected chi connectivity index (χ4v) is 1.93. The SMILES string of the molecule is CN1CCN(Cc2ccc(Cl)nc2)/C1=N/[NH2+]O. The summed E-state index contributed by atoms with van der Waals surface area (Å²) in [7, 11) is 1.95. The molecule has 2 rings (SSSR count). The first kappa shape index (κ1) is 12.1. The van der Waals surface area contributed by atoms with Crippen LogP contribution in [0.2, 0.25) is 5.15 Å². The van der Waals surface area contributed by atoms with Crippen LogP contribution >= 0.6 is 11.6 Å². The molecule has 0 radical (unpaired) electrons. The Kier molecular flexibility index (Phi) is 3.78. The average molecular weight is 257 g/mol. The van der Waals surface area contributed by atoms with Crippen molar-refractivity contribution in [3.8, 4) is 0 Å². The van der Waals surface area contributed by atoms with E-state index in [4.69, 9.17) is 16.8 Å². The van der Waals surface area contributed by atoms with Gasteiger partial charge < -0.3 is 9.80 Å². The Morgan fingerprint density at radius 3 is 3.00 bits per heavy atom. The topological polar surface area (TPSA) is 68.6 Å². The molecule has 17 heavy (non-hydrogen) atoms. The molecule has 92 valence electrons. The van der Waals surface area contributed by atoms with Gasteiger partial charge in [0, 0.05) is 32.9 Å². The molecule has 0 bridgehead atoms. The first-order valence-electron chi connectivity index (χ1n) is 5.31. The fraction of sp³-hybridized carbons (Fsp3) is 0.400. The molecular formula is C10H15ClN5O+. The van der Waals surface area contributed by atoms with Gasteiger partial charge in [0.2, 0.25) is 0 Å². The highest BCUT2D eigenvalue weighted by Gasteiger charge is 2.25. The summed E-state index contributed by atoms with van der Waals surface area (Å²) >= 11 is 5.74. The van der Waals surface area contributed by atoms with Crippen LogP contribution in [0.3, 0.4) is 0 Å². The van der Waals surface area contributed by atoms with E-state index < -0.39 is 0 Å². The lowest BCUT2D eigenvalue weighted by molar-refractivity contribution is -0.893. The summed E-state index contributed by atoms with van der Waals surface area (Å²) in [5, 5.41) is 13.2. The van der Waals surface area contributed by atoms with Crippen molar-refractivity contribution in [2.75, 3.05) is 20.1 Å². The Morgan fingerprint density at radius 1 is 1.53 bits per heavy atom. The van der Waals surface area contributed by atoms with Crippen molar-refractivity contribution in [2.24, 2.45) is 5.10 Å². The Bertz CT molecular complexity index is 408. The zero-order chi connectivity index (χ0) is 12.3. The molecule has 7 heteroatoms. The molecule has 0 amide bonds. The lowest BCUT2D eigenvalue weighted by atomic mass is 10.3. The van der Waals surface area contributed by atoms with Gasteiger partial charge in [0.1, 0.15) is 5.15 Å². The molecule has 6 nitrogen and oxygen atoms in total. The van der Waals surface area contributed by atoms with E-state index >= 15 is 0 Å². The molecule has 1 aliphatic heterocycles. The molecule has 3 N–H and O–H groups in total. The van der Waals surface area contributed by atoms with E-state index in [0.29, 0.717) is 11.7 Å². The maximum Gasteiger partial charge on any atom is 0.259 e. The Labute approximate surface area is 104 Å². The molecule has 1 fully saturated rings. The third kappa shape index (κ3) is 2.85. The summed E-state index contributed by atoms with van der Waals surface area (Å²) in [5.74, 6) is 0.766. The highest BCUT2D eigenvalue weighted by molar-refractivity contribution is 6.29. The Hall–Kier alpha value is -1.37. The minimum absolute atomic E-state index is 0.491. The van der Waals surface area contributed by atoms with Crippen LogP contribution < -0.4 is 5.59 Å². The van der Waals surface area contributed by atoms with Crippen LogP contribution in [0.15, 0.2) is 23.4 Å². The number of aromatic nitrogens is 1. The average Bonchev–Trinajstić information content (AvgIpc) is 2.65. The van der Waals surface area contributed by atoms with Crippen LogP contribution in [-0.4, -0.2) is 46.1 Å². The van der Waals surface area contributed by atoms with Crippen molar-refractivity contribution in [1.29, 1.82) is 0 Å². The molecule has 0 aliphatic carbocycles. The molecular weight excluding hydrogens is 242 g/mol. The number of halogens is 1. The predicted molar refractivity (Wildman–Crippen MR) is 63.4 cm³/mol. The van der Waals surface area contributed by atoms with Crippen molar-refractivity contribution in [3.05, 3.63) is 29.0 Å². The van der Waals surface area contributed by atoms with E-state index in [1.807, 2.05) is 18.0 Å². The fourth-order valence-electron chi connectivity index (χ4n) is 1.81. The molecule has 2 heterocycles. The summed E-state index contributed by atoms with van der Waals surface area (Å²) in [6, 6.07) is 3.71. The monoisotopic (exact) mass is 256 g/mol. The Morgan fingerprint density at radius 2 is 2.35 bits per heavy atom. The third-order valence-corrected chi connectivity index (χ3v) is 2.89. The number of nitrogens with zero attached hydrogens (tertiary/aromatic N) is 4. The van der Waals surface area contributed by atoms with E-state index in [1.165, 1.54) is 0 Å². The number of quaternary nitrogens is 1. The molecule has 0 spiro atoms. The number of hydrogen-bond acceptors (Lipinski definition) is 3. The summed E-state index contributed by atoms with van der Waals surface area (Å²) in [4.78, 5) is 8.12. The summed E-state index contributed by atoms with van der Waals surface area (Å²) < 4.78 is 0. The molecule has 0 atom stereocenters. The minimum Gasteiger partial charge on any atom is -0.340 e. The first-order valence-corrected chi connectivity index (χ1v) is 5.68. The molecule has 1 aliphatic rings. The highest BCUT2D eigenvalue weighted by Crippen LogP contribution is 2.12. The van der Waals surface area contributed by atoms with Gasteiger partial charge in [-0.1, -0.05) is 23.3 Å². The predicted octanol–water partition coefficient (Wildman–Crippen LogP) is -0.294. The Balaban J connectivity index is 2.08. The number of nitrogens with two attached hydrogens (primary N) is 1. The maximum absolute atomic E-state index is 8.77. The van der Waals surface area contributed by atoms with Crippen molar-refractivity contribution >= 4 is 17.6 Å². The molecule has 1 aromatic heterocycles. The van der Waals surface area contributed by atoms with Gasteiger partial charge in [0.25, 0.3) is 5.96 Å². The second-order valence-electron chi connectivity index (χ2n) is 3.88. The number of pyridine rings is 1. The summed E-state index contributed by atoms with van der Waals surface area (Å²) in [6.45, 7) is 2.49. The van der Waals surface area contributed by atoms with Crippen LogP contribution in [0.5, 0.6) is 0 Å². The number of likely N-dealkylation sites (N-methyl/N-ethyl adjacent to an activating group) is 1. The molecule has 0 unspecified atom stereocenters. The zero-order valence-electron chi connectivity index (χ0n) is 9.54. The van der Waals surface area contributed by atoms with Gasteiger partial charge in [-0.25, -0.2) is 4.98 Å². The van der Waals surface area contributed by atoms with Crippen LogP contribution in [0, 0.1) is 0 Å². The molecule has 1 saturated heterocycles. The van der Waals surface area contributed by atoms with Gasteiger partial charge in [-0.2, -0.15) is 5.21 Å². The maximum atomic E-state index is 8.77. The van der Waals surface area contributed by atoms with E-state index in [9.17, 15) is 0 Å². The number of hydrogen-bond donors (Lipinski definition) is 2. The van der Waals surface area contributed by atoms with Gasteiger partial charge in [0.05, 0.1) is 0 Å². The van der Waals surface area contributed by atoms with Gasteiger partial charge in [-0.3, -0.25) is 0 Å². The second-order valence-corrected chi connectivity index (χ2v) is 4.26. The van der Waals surface area contributed by atoms with E-state index in [0.717, 1.165) is 30.2 Å². The smallest absolute Gasteiger partial charge is 0.259 e. The van der Waals surface area contributed by atoms with Crippen molar-refractivity contribution in [2.45, 2.75) is 6.54 Å². The van der Waals surface area contributed by atoms with Crippen LogP contribution in [0.25, 0.3) is 0 Å². The van der Waals surface area contributed by atoms with Gasteiger partial charge >= 0.3 is 0 Å². The number of guanidine groups is 1. The van der Waals surface area contributed by atoms with Crippen molar-refractivity contribution in [1.82, 2.24) is 14.8 Å². The lowest BCUT2D eigenvalue weighted by Gasteiger charge is -2.18. The molecule has 0 aromatic carbocycles. The summed E-state index contributed by atoms with van der Waals surface area (Å²) in [5.41, 5.74) is 1.89. The third-order valence-electron chi connectivity index (χ3n) is 2.66. The normalized spacial score (nSPS) is 18.2. The van der Waals surface area contributed by atoms with E-state index in [2.05, 4.69) is 15.0 Å². The quantitative estimate of drug-likeness (QED) is 0.443. The van der Waals surface area contributed by atoms with Gasteiger partial charge in [-0.15, -0.1) is 0 Å². The van der Waals surface area contributed by atoms with E-state index in [-0.39, 0.29) is 0 Å². The number of rotatable bonds is 3. The van der Waals surface area contributed by atoms with Crippen LogP contribution in [-0.2, 0) is 6.54 Å². The first-order chi connectivity index (χ1) is 8.20. The van der Waals surface area contributed by atoms with Gasteiger partial charge in [-0.05, 0) is 16.7 Å².